The van der Waals surface area contributed by atoms with E-state index in [0.29, 0.717) is 18.5 Å². The monoisotopic (exact) mass is 210 g/mol. The molecule has 2 atom stereocenters. The molecule has 1 aromatic rings. The Morgan fingerprint density at radius 3 is 3.00 bits per heavy atom. The lowest BCUT2D eigenvalue weighted by atomic mass is 9.88. The van der Waals surface area contributed by atoms with Gasteiger partial charge in [-0.15, -0.1) is 0 Å². The Hall–Kier alpha value is -1.03. The Morgan fingerprint density at radius 1 is 1.53 bits per heavy atom. The fraction of sp³-hybridized carbons (Fsp3) is 0.727. The van der Waals surface area contributed by atoms with Gasteiger partial charge in [0.2, 0.25) is 0 Å². The molecule has 0 bridgehead atoms. The molecule has 2 unspecified atom stereocenters. The summed E-state index contributed by atoms with van der Waals surface area (Å²) >= 11 is 0. The lowest BCUT2D eigenvalue weighted by Gasteiger charge is -2.27. The molecule has 2 N–H and O–H groups in total. The van der Waals surface area contributed by atoms with E-state index in [1.165, 1.54) is 19.3 Å². The maximum absolute atomic E-state index is 5.72. The van der Waals surface area contributed by atoms with Crippen LogP contribution in [0, 0.1) is 5.92 Å². The second-order valence-electron chi connectivity index (χ2n) is 4.23. The number of hydrogen-bond donors (Lipinski definition) is 1. The van der Waals surface area contributed by atoms with Gasteiger partial charge >= 0.3 is 6.08 Å². The van der Waals surface area contributed by atoms with Crippen LogP contribution in [0.25, 0.3) is 0 Å². The molecular weight excluding hydrogens is 192 g/mol. The van der Waals surface area contributed by atoms with Crippen LogP contribution in [0.2, 0.25) is 0 Å². The van der Waals surface area contributed by atoms with E-state index in [1.54, 1.807) is 6.26 Å². The van der Waals surface area contributed by atoms with Crippen LogP contribution in [0.4, 0.5) is 0 Å². The summed E-state index contributed by atoms with van der Waals surface area (Å²) in [6, 6.07) is 0. The average Bonchev–Trinajstić information content (AvgIpc) is 2.69. The lowest BCUT2D eigenvalue weighted by molar-refractivity contribution is 0.0707. The summed E-state index contributed by atoms with van der Waals surface area (Å²) in [5, 5.41) is 0. The molecule has 1 fully saturated rings. The first kappa shape index (κ1) is 10.5. The second kappa shape index (κ2) is 4.66. The molecule has 0 spiro atoms. The standard InChI is InChI=1S/C11H18N2O2/c1-8-4-2-3-5-10(8)15-11-13-9(6-12)7-14-11/h7-8,10H,2-6,12H2,1H3. The van der Waals surface area contributed by atoms with Crippen molar-refractivity contribution in [1.29, 1.82) is 0 Å². The predicted octanol–water partition coefficient (Wildman–Crippen LogP) is 2.09. The van der Waals surface area contributed by atoms with Gasteiger partial charge in [-0.3, -0.25) is 0 Å². The Balaban J connectivity index is 1.95. The van der Waals surface area contributed by atoms with Crippen LogP contribution in [0.15, 0.2) is 10.7 Å². The van der Waals surface area contributed by atoms with Crippen LogP contribution in [-0.4, -0.2) is 11.1 Å². The Labute approximate surface area is 89.8 Å². The molecule has 4 nitrogen and oxygen atoms in total. The van der Waals surface area contributed by atoms with E-state index in [2.05, 4.69) is 11.9 Å². The number of oxazole rings is 1. The van der Waals surface area contributed by atoms with Crippen LogP contribution in [-0.2, 0) is 6.54 Å². The van der Waals surface area contributed by atoms with Gasteiger partial charge in [-0.05, 0) is 25.2 Å². The molecule has 0 amide bonds. The molecule has 0 aromatic carbocycles. The second-order valence-corrected chi connectivity index (χ2v) is 4.23. The van der Waals surface area contributed by atoms with Gasteiger partial charge in [0.1, 0.15) is 12.4 Å². The number of aromatic nitrogens is 1. The van der Waals surface area contributed by atoms with E-state index in [1.807, 2.05) is 0 Å². The third-order valence-corrected chi connectivity index (χ3v) is 3.02. The van der Waals surface area contributed by atoms with E-state index >= 15 is 0 Å². The Kier molecular flexibility index (Phi) is 3.26. The third-order valence-electron chi connectivity index (χ3n) is 3.02. The van der Waals surface area contributed by atoms with Crippen molar-refractivity contribution in [2.75, 3.05) is 0 Å². The third kappa shape index (κ3) is 2.50. The first-order valence-corrected chi connectivity index (χ1v) is 5.60. The summed E-state index contributed by atoms with van der Waals surface area (Å²) in [6.07, 6.45) is 7.05. The molecule has 0 saturated heterocycles. The van der Waals surface area contributed by atoms with Crippen LogP contribution in [0.3, 0.4) is 0 Å². The molecule has 1 aliphatic carbocycles. The summed E-state index contributed by atoms with van der Waals surface area (Å²) in [6.45, 7) is 2.61. The van der Waals surface area contributed by atoms with Gasteiger partial charge in [0, 0.05) is 6.54 Å². The highest BCUT2D eigenvalue weighted by atomic mass is 16.6. The van der Waals surface area contributed by atoms with E-state index in [9.17, 15) is 0 Å². The zero-order valence-corrected chi connectivity index (χ0v) is 9.11. The number of nitrogens with two attached hydrogens (primary N) is 1. The predicted molar refractivity (Wildman–Crippen MR) is 56.4 cm³/mol. The number of hydrogen-bond acceptors (Lipinski definition) is 4. The maximum atomic E-state index is 5.72. The zero-order chi connectivity index (χ0) is 10.7. The highest BCUT2D eigenvalue weighted by molar-refractivity contribution is 4.99. The fourth-order valence-electron chi connectivity index (χ4n) is 2.02. The van der Waals surface area contributed by atoms with Crippen molar-refractivity contribution in [3.63, 3.8) is 0 Å². The van der Waals surface area contributed by atoms with E-state index < -0.39 is 0 Å². The summed E-state index contributed by atoms with van der Waals surface area (Å²) in [5.74, 6) is 0.590. The molecule has 1 saturated carbocycles. The van der Waals surface area contributed by atoms with Gasteiger partial charge in [-0.2, -0.15) is 4.98 Å². The number of ether oxygens (including phenoxy) is 1. The molecular formula is C11H18N2O2. The van der Waals surface area contributed by atoms with Crippen LogP contribution in [0.1, 0.15) is 38.3 Å². The van der Waals surface area contributed by atoms with Gasteiger partial charge in [0.05, 0.1) is 5.69 Å². The largest absolute Gasteiger partial charge is 0.447 e. The van der Waals surface area contributed by atoms with Crippen molar-refractivity contribution < 1.29 is 9.15 Å². The van der Waals surface area contributed by atoms with Gasteiger partial charge in [0.25, 0.3) is 0 Å². The van der Waals surface area contributed by atoms with E-state index in [-0.39, 0.29) is 6.10 Å². The minimum Gasteiger partial charge on any atom is -0.447 e. The van der Waals surface area contributed by atoms with E-state index in [0.717, 1.165) is 12.1 Å². The first-order chi connectivity index (χ1) is 7.29. The van der Waals surface area contributed by atoms with Gasteiger partial charge < -0.3 is 14.9 Å². The van der Waals surface area contributed by atoms with Crippen molar-refractivity contribution in [2.45, 2.75) is 45.3 Å². The van der Waals surface area contributed by atoms with Crippen molar-refractivity contribution in [3.05, 3.63) is 12.0 Å². The Bertz CT molecular complexity index is 311. The molecule has 15 heavy (non-hydrogen) atoms. The molecule has 1 heterocycles. The molecule has 84 valence electrons. The molecule has 0 radical (unpaired) electrons. The van der Waals surface area contributed by atoms with Crippen molar-refractivity contribution in [2.24, 2.45) is 11.7 Å². The molecule has 1 aromatic heterocycles. The van der Waals surface area contributed by atoms with Gasteiger partial charge in [0.15, 0.2) is 0 Å². The van der Waals surface area contributed by atoms with Crippen LogP contribution >= 0.6 is 0 Å². The SMILES string of the molecule is CC1CCCCC1Oc1nc(CN)co1. The van der Waals surface area contributed by atoms with Crippen molar-refractivity contribution >= 4 is 0 Å². The molecule has 2 rings (SSSR count). The zero-order valence-electron chi connectivity index (χ0n) is 9.11. The van der Waals surface area contributed by atoms with Gasteiger partial charge in [-0.1, -0.05) is 13.3 Å². The first-order valence-electron chi connectivity index (χ1n) is 5.60. The Morgan fingerprint density at radius 2 is 2.33 bits per heavy atom. The summed E-state index contributed by atoms with van der Waals surface area (Å²) < 4.78 is 10.9. The van der Waals surface area contributed by atoms with Crippen molar-refractivity contribution in [1.82, 2.24) is 4.98 Å². The normalized spacial score (nSPS) is 26.5. The summed E-state index contributed by atoms with van der Waals surface area (Å²) in [7, 11) is 0. The highest BCUT2D eigenvalue weighted by Gasteiger charge is 2.24. The van der Waals surface area contributed by atoms with Crippen LogP contribution < -0.4 is 10.5 Å². The van der Waals surface area contributed by atoms with Crippen LogP contribution in [0.5, 0.6) is 6.08 Å². The van der Waals surface area contributed by atoms with Crippen molar-refractivity contribution in [3.8, 4) is 6.08 Å². The maximum Gasteiger partial charge on any atom is 0.394 e. The summed E-state index contributed by atoms with van der Waals surface area (Å²) in [4.78, 5) is 4.14. The fourth-order valence-corrected chi connectivity index (χ4v) is 2.02. The average molecular weight is 210 g/mol. The minimum absolute atomic E-state index is 0.253. The highest BCUT2D eigenvalue weighted by Crippen LogP contribution is 2.27. The van der Waals surface area contributed by atoms with E-state index in [4.69, 9.17) is 14.9 Å². The topological polar surface area (TPSA) is 61.3 Å². The quantitative estimate of drug-likeness (QED) is 0.829. The van der Waals surface area contributed by atoms with Gasteiger partial charge in [-0.25, -0.2) is 0 Å². The number of nitrogens with zero attached hydrogens (tertiary/aromatic N) is 1. The lowest BCUT2D eigenvalue weighted by Crippen LogP contribution is -2.28. The summed E-state index contributed by atoms with van der Waals surface area (Å²) in [5.41, 5.74) is 6.19. The number of rotatable bonds is 3. The smallest absolute Gasteiger partial charge is 0.394 e. The molecule has 4 heteroatoms. The molecule has 1 aliphatic rings. The molecule has 0 aliphatic heterocycles. The minimum atomic E-state index is 0.253.